The van der Waals surface area contributed by atoms with E-state index in [0.29, 0.717) is 12.3 Å². The number of benzene rings is 1. The van der Waals surface area contributed by atoms with E-state index in [1.807, 2.05) is 6.92 Å². The lowest BCUT2D eigenvalue weighted by molar-refractivity contribution is -0.274. The second-order valence-corrected chi connectivity index (χ2v) is 4.38. The van der Waals surface area contributed by atoms with Gasteiger partial charge in [0.25, 0.3) is 0 Å². The van der Waals surface area contributed by atoms with Gasteiger partial charge in [-0.05, 0) is 40.5 Å². The van der Waals surface area contributed by atoms with Crippen LogP contribution in [0.15, 0.2) is 22.7 Å². The minimum Gasteiger partial charge on any atom is -0.489 e. The van der Waals surface area contributed by atoms with Crippen molar-refractivity contribution in [2.24, 2.45) is 5.73 Å². The molecule has 1 rings (SSSR count). The first-order valence-corrected chi connectivity index (χ1v) is 6.07. The Balaban J connectivity index is 2.79. The van der Waals surface area contributed by atoms with E-state index in [4.69, 9.17) is 10.5 Å². The molecule has 1 aromatic rings. The van der Waals surface area contributed by atoms with Crippen molar-refractivity contribution >= 4 is 15.9 Å². The van der Waals surface area contributed by atoms with Gasteiger partial charge in [0.2, 0.25) is 0 Å². The summed E-state index contributed by atoms with van der Waals surface area (Å²) in [5.41, 5.74) is 5.47. The van der Waals surface area contributed by atoms with E-state index >= 15 is 0 Å². The molecule has 0 aliphatic rings. The predicted octanol–water partition coefficient (Wildman–Crippen LogP) is 3.46. The summed E-state index contributed by atoms with van der Waals surface area (Å²) >= 11 is 3.00. The van der Waals surface area contributed by atoms with Crippen LogP contribution in [0.3, 0.4) is 0 Å². The molecule has 0 heterocycles. The Kier molecular flexibility index (Phi) is 5.28. The second kappa shape index (κ2) is 6.29. The number of alkyl halides is 3. The number of rotatable bonds is 5. The molecular formula is C11H13BrF3NO2. The van der Waals surface area contributed by atoms with Crippen LogP contribution < -0.4 is 15.2 Å². The molecule has 0 saturated carbocycles. The van der Waals surface area contributed by atoms with E-state index < -0.39 is 6.36 Å². The van der Waals surface area contributed by atoms with Crippen LogP contribution >= 0.6 is 15.9 Å². The van der Waals surface area contributed by atoms with Gasteiger partial charge in [0, 0.05) is 6.54 Å². The van der Waals surface area contributed by atoms with Gasteiger partial charge in [-0.15, -0.1) is 13.2 Å². The van der Waals surface area contributed by atoms with E-state index in [-0.39, 0.29) is 16.3 Å². The van der Waals surface area contributed by atoms with Crippen molar-refractivity contribution in [3.63, 3.8) is 0 Å². The average molecular weight is 328 g/mol. The number of ether oxygens (including phenoxy) is 2. The van der Waals surface area contributed by atoms with Crippen LogP contribution in [-0.2, 0) is 0 Å². The van der Waals surface area contributed by atoms with Gasteiger partial charge in [0.05, 0.1) is 4.47 Å². The molecule has 1 atom stereocenters. The summed E-state index contributed by atoms with van der Waals surface area (Å²) in [6.45, 7) is 2.25. The van der Waals surface area contributed by atoms with Crippen LogP contribution in [0.5, 0.6) is 11.5 Å². The summed E-state index contributed by atoms with van der Waals surface area (Å²) in [6.07, 6.45) is -4.16. The molecule has 7 heteroatoms. The molecule has 0 radical (unpaired) electrons. The summed E-state index contributed by atoms with van der Waals surface area (Å²) in [5.74, 6) is 0.129. The summed E-state index contributed by atoms with van der Waals surface area (Å²) in [4.78, 5) is 0. The Morgan fingerprint density at radius 1 is 1.39 bits per heavy atom. The Morgan fingerprint density at radius 2 is 2.06 bits per heavy atom. The number of hydrogen-bond acceptors (Lipinski definition) is 3. The zero-order valence-corrected chi connectivity index (χ0v) is 11.2. The molecule has 0 aromatic heterocycles. The molecule has 18 heavy (non-hydrogen) atoms. The zero-order chi connectivity index (χ0) is 13.8. The van der Waals surface area contributed by atoms with Gasteiger partial charge in [0.15, 0.2) is 0 Å². The average Bonchev–Trinajstić information content (AvgIpc) is 2.28. The highest BCUT2D eigenvalue weighted by Crippen LogP contribution is 2.33. The van der Waals surface area contributed by atoms with Gasteiger partial charge in [0.1, 0.15) is 17.6 Å². The van der Waals surface area contributed by atoms with E-state index in [0.717, 1.165) is 6.42 Å². The van der Waals surface area contributed by atoms with E-state index in [1.165, 1.54) is 18.2 Å². The Hall–Kier alpha value is -0.950. The molecule has 2 N–H and O–H groups in total. The quantitative estimate of drug-likeness (QED) is 0.900. The van der Waals surface area contributed by atoms with E-state index in [2.05, 4.69) is 20.7 Å². The molecule has 0 spiro atoms. The number of nitrogens with two attached hydrogens (primary N) is 1. The van der Waals surface area contributed by atoms with Gasteiger partial charge in [-0.25, -0.2) is 0 Å². The lowest BCUT2D eigenvalue weighted by Crippen LogP contribution is -2.25. The van der Waals surface area contributed by atoms with Gasteiger partial charge < -0.3 is 15.2 Å². The van der Waals surface area contributed by atoms with Crippen LogP contribution in [0.1, 0.15) is 13.3 Å². The Morgan fingerprint density at radius 3 is 2.50 bits per heavy atom. The van der Waals surface area contributed by atoms with Crippen molar-refractivity contribution in [1.82, 2.24) is 0 Å². The maximum absolute atomic E-state index is 12.1. The third-order valence-corrected chi connectivity index (χ3v) is 2.77. The monoisotopic (exact) mass is 327 g/mol. The first-order chi connectivity index (χ1) is 8.35. The Bertz CT molecular complexity index is 394. The largest absolute Gasteiger partial charge is 0.573 e. The fourth-order valence-corrected chi connectivity index (χ4v) is 1.69. The van der Waals surface area contributed by atoms with Crippen LogP contribution in [0.25, 0.3) is 0 Å². The lowest BCUT2D eigenvalue weighted by Gasteiger charge is -2.17. The maximum Gasteiger partial charge on any atom is 0.573 e. The Labute approximate surface area is 111 Å². The van der Waals surface area contributed by atoms with Crippen molar-refractivity contribution in [3.8, 4) is 11.5 Å². The fourth-order valence-electron chi connectivity index (χ4n) is 1.25. The molecule has 0 saturated heterocycles. The first-order valence-electron chi connectivity index (χ1n) is 5.27. The van der Waals surface area contributed by atoms with Gasteiger partial charge in [-0.3, -0.25) is 0 Å². The third-order valence-electron chi connectivity index (χ3n) is 2.15. The molecule has 3 nitrogen and oxygen atoms in total. The molecule has 1 unspecified atom stereocenters. The van der Waals surface area contributed by atoms with Crippen LogP contribution in [0, 0.1) is 0 Å². The van der Waals surface area contributed by atoms with Gasteiger partial charge in [-0.1, -0.05) is 6.92 Å². The highest BCUT2D eigenvalue weighted by Gasteiger charge is 2.32. The summed E-state index contributed by atoms with van der Waals surface area (Å²) < 4.78 is 45.6. The molecule has 102 valence electrons. The minimum absolute atomic E-state index is 0.161. The maximum atomic E-state index is 12.1. The van der Waals surface area contributed by atoms with Crippen molar-refractivity contribution in [2.75, 3.05) is 6.54 Å². The number of hydrogen-bond donors (Lipinski definition) is 1. The van der Waals surface area contributed by atoms with Crippen molar-refractivity contribution in [3.05, 3.63) is 22.7 Å². The zero-order valence-electron chi connectivity index (χ0n) is 9.63. The third kappa shape index (κ3) is 4.73. The molecule has 1 aromatic carbocycles. The summed E-state index contributed by atoms with van der Waals surface area (Å²) in [6, 6.07) is 4.01. The molecule has 0 aliphatic heterocycles. The van der Waals surface area contributed by atoms with Gasteiger partial charge >= 0.3 is 6.36 Å². The van der Waals surface area contributed by atoms with Crippen LogP contribution in [-0.4, -0.2) is 19.0 Å². The lowest BCUT2D eigenvalue weighted by atomic mass is 10.2. The highest BCUT2D eigenvalue weighted by molar-refractivity contribution is 9.10. The SMILES string of the molecule is CCC(CN)Oc1ccc(OC(F)(F)F)c(Br)c1. The molecule has 0 aliphatic carbocycles. The van der Waals surface area contributed by atoms with Crippen molar-refractivity contribution in [2.45, 2.75) is 25.8 Å². The molecule has 0 amide bonds. The highest BCUT2D eigenvalue weighted by atomic mass is 79.9. The molecule has 0 fully saturated rings. The number of halogens is 4. The molecule has 0 bridgehead atoms. The van der Waals surface area contributed by atoms with Crippen molar-refractivity contribution in [1.29, 1.82) is 0 Å². The van der Waals surface area contributed by atoms with E-state index in [9.17, 15) is 13.2 Å². The molecular weight excluding hydrogens is 315 g/mol. The van der Waals surface area contributed by atoms with Gasteiger partial charge in [-0.2, -0.15) is 0 Å². The first kappa shape index (κ1) is 15.1. The minimum atomic E-state index is -4.71. The van der Waals surface area contributed by atoms with Crippen LogP contribution in [0.4, 0.5) is 13.2 Å². The standard InChI is InChI=1S/C11H13BrF3NO2/c1-2-7(6-16)17-8-3-4-10(9(12)5-8)18-11(13,14)15/h3-5,7H,2,6,16H2,1H3. The smallest absolute Gasteiger partial charge is 0.489 e. The van der Waals surface area contributed by atoms with Crippen LogP contribution in [0.2, 0.25) is 0 Å². The second-order valence-electron chi connectivity index (χ2n) is 3.52. The summed E-state index contributed by atoms with van der Waals surface area (Å²) in [5, 5.41) is 0. The van der Waals surface area contributed by atoms with E-state index in [1.54, 1.807) is 0 Å². The topological polar surface area (TPSA) is 44.5 Å². The predicted molar refractivity (Wildman–Crippen MR) is 64.6 cm³/mol. The normalized spacial score (nSPS) is 13.2. The summed E-state index contributed by atoms with van der Waals surface area (Å²) in [7, 11) is 0. The van der Waals surface area contributed by atoms with Crippen molar-refractivity contribution < 1.29 is 22.6 Å². The fraction of sp³-hybridized carbons (Fsp3) is 0.455.